The third-order valence-electron chi connectivity index (χ3n) is 5.10. The average Bonchev–Trinajstić information content (AvgIpc) is 2.78. The molecule has 0 bridgehead atoms. The monoisotopic (exact) mass is 478 g/mol. The molecule has 0 aliphatic rings. The maximum absolute atomic E-state index is 13.6. The lowest BCUT2D eigenvalue weighted by atomic mass is 10.2. The van der Waals surface area contributed by atoms with Crippen LogP contribution in [0.15, 0.2) is 54.7 Å². The number of alkyl halides is 3. The molecular formula is C22H22F3N4O3P. The van der Waals surface area contributed by atoms with Gasteiger partial charge in [-0.25, -0.2) is 9.78 Å². The van der Waals surface area contributed by atoms with Crippen LogP contribution in [-0.4, -0.2) is 33.4 Å². The number of nitrogens with one attached hydrogen (secondary N) is 2. The van der Waals surface area contributed by atoms with Crippen LogP contribution in [0.5, 0.6) is 0 Å². The molecule has 0 aliphatic carbocycles. The number of halogens is 3. The highest BCUT2D eigenvalue weighted by molar-refractivity contribution is 7.71. The van der Waals surface area contributed by atoms with Gasteiger partial charge in [0.1, 0.15) is 18.5 Å². The minimum absolute atomic E-state index is 0.0594. The summed E-state index contributed by atoms with van der Waals surface area (Å²) in [5.74, 6) is -1.72. The summed E-state index contributed by atoms with van der Waals surface area (Å²) in [6.07, 6.45) is -3.32. The Hall–Kier alpha value is -3.39. The number of para-hydroxylation sites is 1. The first-order valence-electron chi connectivity index (χ1n) is 10.1. The molecule has 0 saturated heterocycles. The van der Waals surface area contributed by atoms with Gasteiger partial charge in [-0.3, -0.25) is 0 Å². The van der Waals surface area contributed by atoms with Gasteiger partial charge in [0, 0.05) is 29.5 Å². The van der Waals surface area contributed by atoms with Crippen LogP contribution in [0.2, 0.25) is 0 Å². The van der Waals surface area contributed by atoms with E-state index in [1.165, 1.54) is 24.3 Å². The third kappa shape index (κ3) is 5.51. The van der Waals surface area contributed by atoms with Crippen LogP contribution in [0.1, 0.15) is 29.8 Å². The van der Waals surface area contributed by atoms with Crippen LogP contribution in [0.4, 0.5) is 36.3 Å². The van der Waals surface area contributed by atoms with Crippen molar-refractivity contribution in [3.05, 3.63) is 65.9 Å². The maximum Gasteiger partial charge on any atom is 0.421 e. The normalized spacial score (nSPS) is 11.8. The minimum atomic E-state index is -4.72. The van der Waals surface area contributed by atoms with Crippen molar-refractivity contribution in [2.45, 2.75) is 20.0 Å². The second-order valence-corrected chi connectivity index (χ2v) is 10.7. The zero-order valence-corrected chi connectivity index (χ0v) is 18.7. The van der Waals surface area contributed by atoms with E-state index in [-0.39, 0.29) is 17.2 Å². The molecule has 0 spiro atoms. The standard InChI is InChI=1S/C22H22F3N4O3P/c1-3-33(32,4-2)18-8-6-5-7-17(18)28-19-16(22(23,24)25)13-26-21(29-19)27-15-11-9-14(10-12-15)20(30)31/h5-13H,3-4H2,1-2H3,(H,30,31)(H2,26,27,28,29). The van der Waals surface area contributed by atoms with E-state index < -0.39 is 30.7 Å². The first-order chi connectivity index (χ1) is 15.6. The number of anilines is 4. The van der Waals surface area contributed by atoms with Crippen molar-refractivity contribution in [1.29, 1.82) is 0 Å². The van der Waals surface area contributed by atoms with Crippen LogP contribution in [0, 0.1) is 0 Å². The fraction of sp³-hybridized carbons (Fsp3) is 0.227. The van der Waals surface area contributed by atoms with Crippen molar-refractivity contribution in [3.63, 3.8) is 0 Å². The molecule has 3 N–H and O–H groups in total. The van der Waals surface area contributed by atoms with Gasteiger partial charge in [0.25, 0.3) is 0 Å². The van der Waals surface area contributed by atoms with Crippen molar-refractivity contribution < 1.29 is 27.6 Å². The number of aromatic nitrogens is 2. The molecule has 1 aromatic heterocycles. The molecule has 11 heteroatoms. The number of benzene rings is 2. The first kappa shape index (κ1) is 24.3. The molecule has 3 rings (SSSR count). The molecule has 0 amide bonds. The molecule has 0 atom stereocenters. The quantitative estimate of drug-likeness (QED) is 0.356. The van der Waals surface area contributed by atoms with Gasteiger partial charge in [0.15, 0.2) is 0 Å². The van der Waals surface area contributed by atoms with Crippen molar-refractivity contribution in [1.82, 2.24) is 9.97 Å². The lowest BCUT2D eigenvalue weighted by molar-refractivity contribution is -0.137. The Bertz CT molecular complexity index is 1190. The molecule has 0 aliphatic heterocycles. The fourth-order valence-electron chi connectivity index (χ4n) is 3.20. The highest BCUT2D eigenvalue weighted by atomic mass is 31.2. The van der Waals surface area contributed by atoms with E-state index in [4.69, 9.17) is 5.11 Å². The molecule has 7 nitrogen and oxygen atoms in total. The Balaban J connectivity index is 2.01. The third-order valence-corrected chi connectivity index (χ3v) is 8.41. The molecule has 0 saturated carbocycles. The molecule has 33 heavy (non-hydrogen) atoms. The maximum atomic E-state index is 13.6. The summed E-state index contributed by atoms with van der Waals surface area (Å²) in [6.45, 7) is 3.56. The molecule has 2 aromatic carbocycles. The van der Waals surface area contributed by atoms with Gasteiger partial charge in [-0.15, -0.1) is 0 Å². The average molecular weight is 478 g/mol. The molecular weight excluding hydrogens is 456 g/mol. The lowest BCUT2D eigenvalue weighted by Gasteiger charge is -2.21. The number of hydrogen-bond donors (Lipinski definition) is 3. The van der Waals surface area contributed by atoms with E-state index in [1.54, 1.807) is 38.1 Å². The van der Waals surface area contributed by atoms with E-state index in [1.807, 2.05) is 0 Å². The smallest absolute Gasteiger partial charge is 0.421 e. The zero-order valence-electron chi connectivity index (χ0n) is 17.8. The van der Waals surface area contributed by atoms with Crippen LogP contribution in [0.3, 0.4) is 0 Å². The molecule has 0 fully saturated rings. The lowest BCUT2D eigenvalue weighted by Crippen LogP contribution is -2.17. The van der Waals surface area contributed by atoms with E-state index >= 15 is 0 Å². The van der Waals surface area contributed by atoms with E-state index in [0.29, 0.717) is 29.5 Å². The molecule has 174 valence electrons. The number of nitrogens with zero attached hydrogens (tertiary/aromatic N) is 2. The summed E-state index contributed by atoms with van der Waals surface area (Å²) in [5.41, 5.74) is -0.339. The number of carboxylic acids is 1. The number of rotatable bonds is 8. The van der Waals surface area contributed by atoms with Gasteiger partial charge >= 0.3 is 12.1 Å². The Labute approximate surface area is 188 Å². The van der Waals surface area contributed by atoms with Crippen molar-refractivity contribution >= 4 is 41.6 Å². The minimum Gasteiger partial charge on any atom is -0.478 e. The summed E-state index contributed by atoms with van der Waals surface area (Å²) in [4.78, 5) is 18.7. The molecule has 1 heterocycles. The van der Waals surface area contributed by atoms with Crippen LogP contribution in [-0.2, 0) is 10.7 Å². The second kappa shape index (κ2) is 9.62. The van der Waals surface area contributed by atoms with Crippen molar-refractivity contribution in [3.8, 4) is 0 Å². The molecule has 0 radical (unpaired) electrons. The van der Waals surface area contributed by atoms with E-state index in [0.717, 1.165) is 0 Å². The summed E-state index contributed by atoms with van der Waals surface area (Å²) in [7, 11) is -2.79. The van der Waals surface area contributed by atoms with Crippen molar-refractivity contribution in [2.75, 3.05) is 23.0 Å². The van der Waals surface area contributed by atoms with Crippen molar-refractivity contribution in [2.24, 2.45) is 0 Å². The fourth-order valence-corrected chi connectivity index (χ4v) is 5.25. The summed E-state index contributed by atoms with van der Waals surface area (Å²) >= 11 is 0. The Morgan fingerprint density at radius 3 is 2.24 bits per heavy atom. The first-order valence-corrected chi connectivity index (χ1v) is 12.1. The Kier molecular flexibility index (Phi) is 7.07. The highest BCUT2D eigenvalue weighted by Gasteiger charge is 2.36. The van der Waals surface area contributed by atoms with E-state index in [2.05, 4.69) is 20.6 Å². The van der Waals surface area contributed by atoms with Crippen LogP contribution < -0.4 is 15.9 Å². The predicted molar refractivity (Wildman–Crippen MR) is 122 cm³/mol. The number of aromatic carboxylic acids is 1. The summed E-state index contributed by atoms with van der Waals surface area (Å²) in [6, 6.07) is 12.1. The number of hydrogen-bond acceptors (Lipinski definition) is 6. The largest absolute Gasteiger partial charge is 0.478 e. The van der Waals surface area contributed by atoms with Gasteiger partial charge in [-0.05, 0) is 36.4 Å². The Morgan fingerprint density at radius 1 is 1.03 bits per heavy atom. The van der Waals surface area contributed by atoms with Gasteiger partial charge in [-0.2, -0.15) is 18.2 Å². The number of carbonyl (C=O) groups is 1. The predicted octanol–water partition coefficient (Wildman–Crippen LogP) is 5.71. The summed E-state index contributed by atoms with van der Waals surface area (Å²) in [5, 5.41) is 14.9. The van der Waals surface area contributed by atoms with Gasteiger partial charge in [0.05, 0.1) is 11.3 Å². The number of carboxylic acid groups (broad SMARTS) is 1. The summed E-state index contributed by atoms with van der Waals surface area (Å²) < 4.78 is 54.2. The Morgan fingerprint density at radius 2 is 1.67 bits per heavy atom. The molecule has 0 unspecified atom stereocenters. The van der Waals surface area contributed by atoms with Gasteiger partial charge in [0.2, 0.25) is 5.95 Å². The second-order valence-electron chi connectivity index (χ2n) is 7.13. The van der Waals surface area contributed by atoms with Gasteiger partial charge < -0.3 is 20.3 Å². The highest BCUT2D eigenvalue weighted by Crippen LogP contribution is 2.46. The van der Waals surface area contributed by atoms with E-state index in [9.17, 15) is 22.5 Å². The molecule has 3 aromatic rings. The zero-order chi connectivity index (χ0) is 24.2. The SMILES string of the molecule is CCP(=O)(CC)c1ccccc1Nc1nc(Nc2ccc(C(=O)O)cc2)ncc1C(F)(F)F. The van der Waals surface area contributed by atoms with Gasteiger partial charge in [-0.1, -0.05) is 26.0 Å². The topological polar surface area (TPSA) is 104 Å². The van der Waals surface area contributed by atoms with Crippen LogP contribution >= 0.6 is 7.14 Å². The van der Waals surface area contributed by atoms with Crippen LogP contribution in [0.25, 0.3) is 0 Å².